The highest BCUT2D eigenvalue weighted by Gasteiger charge is 2.24. The molecule has 1 fully saturated rings. The predicted octanol–water partition coefficient (Wildman–Crippen LogP) is 4.04. The van der Waals surface area contributed by atoms with Gasteiger partial charge < -0.3 is 14.4 Å². The van der Waals surface area contributed by atoms with Gasteiger partial charge in [-0.3, -0.25) is 0 Å². The zero-order valence-electron chi connectivity index (χ0n) is 18.3. The molecule has 0 spiro atoms. The smallest absolute Gasteiger partial charge is 0.409 e. The summed E-state index contributed by atoms with van der Waals surface area (Å²) in [7, 11) is -3.21. The molecule has 0 N–H and O–H groups in total. The number of sulfone groups is 1. The molecule has 0 unspecified atom stereocenters. The summed E-state index contributed by atoms with van der Waals surface area (Å²) >= 11 is 0. The van der Waals surface area contributed by atoms with E-state index < -0.39 is 9.84 Å². The number of ether oxygens (including phenoxy) is 2. The van der Waals surface area contributed by atoms with Crippen LogP contribution in [0, 0.1) is 11.8 Å². The van der Waals surface area contributed by atoms with Crippen LogP contribution in [0.3, 0.4) is 0 Å². The maximum atomic E-state index is 12.0. The number of piperidine rings is 1. The zero-order valence-corrected chi connectivity index (χ0v) is 19.1. The molecule has 0 saturated carbocycles. The highest BCUT2D eigenvalue weighted by molar-refractivity contribution is 7.90. The Labute approximate surface area is 184 Å². The molecule has 1 aliphatic heterocycles. The summed E-state index contributed by atoms with van der Waals surface area (Å²) in [6.07, 6.45) is 4.44. The van der Waals surface area contributed by atoms with E-state index in [0.717, 1.165) is 24.0 Å². The summed E-state index contributed by atoms with van der Waals surface area (Å²) in [5.41, 5.74) is 1.78. The lowest BCUT2D eigenvalue weighted by Crippen LogP contribution is -2.40. The molecular weight excluding hydrogens is 416 g/mol. The summed E-state index contributed by atoms with van der Waals surface area (Å²) in [5, 5.41) is 0. The van der Waals surface area contributed by atoms with E-state index in [1.54, 1.807) is 35.4 Å². The molecule has 1 aromatic heterocycles. The second-order valence-electron chi connectivity index (χ2n) is 8.39. The molecule has 7 nitrogen and oxygen atoms in total. The van der Waals surface area contributed by atoms with E-state index in [1.165, 1.54) is 6.26 Å². The minimum atomic E-state index is -3.21. The SMILES string of the molecule is CC(C)COC(=O)N1CCC(COc2ccc(-c3ccc(S(C)(=O)=O)cc3)cn2)CC1. The quantitative estimate of drug-likeness (QED) is 0.638. The van der Waals surface area contributed by atoms with Crippen LogP contribution in [0.25, 0.3) is 11.1 Å². The van der Waals surface area contributed by atoms with Crippen molar-refractivity contribution in [3.63, 3.8) is 0 Å². The first-order valence-electron chi connectivity index (χ1n) is 10.5. The minimum Gasteiger partial charge on any atom is -0.477 e. The summed E-state index contributed by atoms with van der Waals surface area (Å²) in [5.74, 6) is 1.26. The summed E-state index contributed by atoms with van der Waals surface area (Å²) in [6.45, 7) is 6.41. The molecule has 1 aliphatic rings. The second kappa shape index (κ2) is 10.1. The van der Waals surface area contributed by atoms with Gasteiger partial charge in [-0.15, -0.1) is 0 Å². The van der Waals surface area contributed by atoms with Crippen molar-refractivity contribution in [1.82, 2.24) is 9.88 Å². The molecule has 0 atom stereocenters. The monoisotopic (exact) mass is 446 g/mol. The van der Waals surface area contributed by atoms with Gasteiger partial charge in [0.2, 0.25) is 5.88 Å². The van der Waals surface area contributed by atoms with Crippen molar-refractivity contribution in [1.29, 1.82) is 0 Å². The average molecular weight is 447 g/mol. The molecule has 2 heterocycles. The third-order valence-corrected chi connectivity index (χ3v) is 6.36. The van der Waals surface area contributed by atoms with E-state index >= 15 is 0 Å². The maximum absolute atomic E-state index is 12.0. The number of benzene rings is 1. The highest BCUT2D eigenvalue weighted by Crippen LogP contribution is 2.23. The number of rotatable bonds is 7. The number of likely N-dealkylation sites (tertiary alicyclic amines) is 1. The molecule has 0 radical (unpaired) electrons. The van der Waals surface area contributed by atoms with Gasteiger partial charge in [-0.2, -0.15) is 0 Å². The van der Waals surface area contributed by atoms with E-state index in [-0.39, 0.29) is 6.09 Å². The fourth-order valence-electron chi connectivity index (χ4n) is 3.35. The maximum Gasteiger partial charge on any atom is 0.409 e. The Balaban J connectivity index is 1.46. The van der Waals surface area contributed by atoms with E-state index in [9.17, 15) is 13.2 Å². The van der Waals surface area contributed by atoms with Crippen LogP contribution < -0.4 is 4.74 Å². The van der Waals surface area contributed by atoms with E-state index in [0.29, 0.717) is 48.9 Å². The van der Waals surface area contributed by atoms with E-state index in [4.69, 9.17) is 9.47 Å². The van der Waals surface area contributed by atoms with Crippen molar-refractivity contribution < 1.29 is 22.7 Å². The molecular formula is C23H30N2O5S. The molecule has 1 saturated heterocycles. The number of hydrogen-bond acceptors (Lipinski definition) is 6. The molecule has 1 aromatic carbocycles. The summed E-state index contributed by atoms with van der Waals surface area (Å²) in [6, 6.07) is 10.5. The Morgan fingerprint density at radius 2 is 1.74 bits per heavy atom. The standard InChI is InChI=1S/C23H30N2O5S/c1-17(2)15-30-23(26)25-12-10-18(11-13-25)16-29-22-9-6-20(14-24-22)19-4-7-21(8-5-19)31(3,27)28/h4-9,14,17-18H,10-13,15-16H2,1-3H3. The van der Waals surface area contributed by atoms with Crippen molar-refractivity contribution in [2.45, 2.75) is 31.6 Å². The zero-order chi connectivity index (χ0) is 22.4. The van der Waals surface area contributed by atoms with Crippen molar-refractivity contribution in [3.05, 3.63) is 42.6 Å². The van der Waals surface area contributed by atoms with Gasteiger partial charge in [-0.25, -0.2) is 18.2 Å². The number of aromatic nitrogens is 1. The molecule has 0 aliphatic carbocycles. The normalized spacial score (nSPS) is 15.2. The first-order valence-corrected chi connectivity index (χ1v) is 12.4. The number of nitrogens with zero attached hydrogens (tertiary/aromatic N) is 2. The Hall–Kier alpha value is -2.61. The number of carbonyl (C=O) groups excluding carboxylic acids is 1. The Bertz CT molecular complexity index is 964. The van der Waals surface area contributed by atoms with Crippen LogP contribution in [-0.4, -0.2) is 57.0 Å². The fourth-order valence-corrected chi connectivity index (χ4v) is 3.98. The molecule has 8 heteroatoms. The van der Waals surface area contributed by atoms with Gasteiger partial charge in [0.05, 0.1) is 18.1 Å². The van der Waals surface area contributed by atoms with Crippen LogP contribution in [0.2, 0.25) is 0 Å². The van der Waals surface area contributed by atoms with Crippen molar-refractivity contribution >= 4 is 15.9 Å². The van der Waals surface area contributed by atoms with Crippen LogP contribution in [0.4, 0.5) is 4.79 Å². The lowest BCUT2D eigenvalue weighted by Gasteiger charge is -2.31. The molecule has 1 amide bonds. The lowest BCUT2D eigenvalue weighted by molar-refractivity contribution is 0.0730. The average Bonchev–Trinajstić information content (AvgIpc) is 2.76. The predicted molar refractivity (Wildman–Crippen MR) is 119 cm³/mol. The van der Waals surface area contributed by atoms with Crippen molar-refractivity contribution in [2.24, 2.45) is 11.8 Å². The van der Waals surface area contributed by atoms with Crippen LogP contribution in [0.1, 0.15) is 26.7 Å². The van der Waals surface area contributed by atoms with Gasteiger partial charge in [0.25, 0.3) is 0 Å². The number of hydrogen-bond donors (Lipinski definition) is 0. The van der Waals surface area contributed by atoms with Crippen molar-refractivity contribution in [2.75, 3.05) is 32.6 Å². The van der Waals surface area contributed by atoms with Gasteiger partial charge in [-0.05, 0) is 48.4 Å². The number of amides is 1. The van der Waals surface area contributed by atoms with Crippen molar-refractivity contribution in [3.8, 4) is 17.0 Å². The van der Waals surface area contributed by atoms with Gasteiger partial charge >= 0.3 is 6.09 Å². The fraction of sp³-hybridized carbons (Fsp3) is 0.478. The van der Waals surface area contributed by atoms with Gasteiger partial charge in [-0.1, -0.05) is 26.0 Å². The van der Waals surface area contributed by atoms with Gasteiger partial charge in [0.1, 0.15) is 0 Å². The molecule has 168 valence electrons. The van der Waals surface area contributed by atoms with Crippen LogP contribution >= 0.6 is 0 Å². The van der Waals surface area contributed by atoms with E-state index in [2.05, 4.69) is 4.98 Å². The highest BCUT2D eigenvalue weighted by atomic mass is 32.2. The lowest BCUT2D eigenvalue weighted by atomic mass is 9.98. The minimum absolute atomic E-state index is 0.227. The first kappa shape index (κ1) is 23.1. The molecule has 0 bridgehead atoms. The topological polar surface area (TPSA) is 85.8 Å². The summed E-state index contributed by atoms with van der Waals surface area (Å²) < 4.78 is 34.3. The van der Waals surface area contributed by atoms with Crippen LogP contribution in [0.15, 0.2) is 47.5 Å². The van der Waals surface area contributed by atoms with Crippen LogP contribution in [0.5, 0.6) is 5.88 Å². The van der Waals surface area contributed by atoms with E-state index in [1.807, 2.05) is 26.0 Å². The second-order valence-corrected chi connectivity index (χ2v) is 10.4. The summed E-state index contributed by atoms with van der Waals surface area (Å²) in [4.78, 5) is 18.5. The number of carbonyl (C=O) groups is 1. The Morgan fingerprint density at radius 3 is 2.29 bits per heavy atom. The first-order chi connectivity index (χ1) is 14.7. The molecule has 3 rings (SSSR count). The largest absolute Gasteiger partial charge is 0.477 e. The molecule has 31 heavy (non-hydrogen) atoms. The van der Waals surface area contributed by atoms with Gasteiger partial charge in [0, 0.05) is 37.2 Å². The van der Waals surface area contributed by atoms with Gasteiger partial charge in [0.15, 0.2) is 9.84 Å². The Morgan fingerprint density at radius 1 is 1.10 bits per heavy atom. The number of pyridine rings is 1. The Kier molecular flexibility index (Phi) is 7.54. The molecule has 2 aromatic rings. The third-order valence-electron chi connectivity index (χ3n) is 5.23. The van der Waals surface area contributed by atoms with Crippen LogP contribution in [-0.2, 0) is 14.6 Å². The third kappa shape index (κ3) is 6.69.